The van der Waals surface area contributed by atoms with E-state index in [0.717, 1.165) is 0 Å². The van der Waals surface area contributed by atoms with E-state index in [0.29, 0.717) is 0 Å². The maximum atomic E-state index is 12.3. The summed E-state index contributed by atoms with van der Waals surface area (Å²) < 4.78 is 73.6. The van der Waals surface area contributed by atoms with Gasteiger partial charge in [-0.1, -0.05) is 0 Å². The second-order valence-corrected chi connectivity index (χ2v) is 3.12. The zero-order valence-corrected chi connectivity index (χ0v) is 8.30. The molecule has 18 heavy (non-hydrogen) atoms. The molecule has 0 aliphatic carbocycles. The Kier molecular flexibility index (Phi) is 3.49. The van der Waals surface area contributed by atoms with E-state index >= 15 is 0 Å². The Balaban J connectivity index is 3.34. The third kappa shape index (κ3) is 3.57. The van der Waals surface area contributed by atoms with Crippen molar-refractivity contribution in [2.75, 3.05) is 0 Å². The highest BCUT2D eigenvalue weighted by molar-refractivity contribution is 5.69. The van der Waals surface area contributed by atoms with E-state index in [1.165, 1.54) is 0 Å². The molecule has 0 fully saturated rings. The van der Waals surface area contributed by atoms with Crippen molar-refractivity contribution < 1.29 is 36.2 Å². The van der Waals surface area contributed by atoms with E-state index in [1.54, 1.807) is 0 Å². The number of aromatic nitrogens is 2. The first-order chi connectivity index (χ1) is 8.00. The van der Waals surface area contributed by atoms with E-state index in [4.69, 9.17) is 5.11 Å². The van der Waals surface area contributed by atoms with E-state index in [9.17, 15) is 31.1 Å². The Morgan fingerprint density at radius 2 is 1.44 bits per heavy atom. The summed E-state index contributed by atoms with van der Waals surface area (Å²) in [6.07, 6.45) is -11.4. The van der Waals surface area contributed by atoms with Crippen molar-refractivity contribution in [3.05, 3.63) is 23.3 Å². The summed E-state index contributed by atoms with van der Waals surface area (Å²) in [6, 6.07) is -0.272. The summed E-state index contributed by atoms with van der Waals surface area (Å²) in [5.41, 5.74) is -3.66. The van der Waals surface area contributed by atoms with Crippen LogP contribution in [0, 0.1) is 0 Å². The van der Waals surface area contributed by atoms with E-state index in [2.05, 4.69) is 9.97 Å². The first-order valence-corrected chi connectivity index (χ1v) is 4.24. The van der Waals surface area contributed by atoms with Crippen molar-refractivity contribution in [3.8, 4) is 0 Å². The Hall–Kier alpha value is -1.87. The minimum absolute atomic E-state index is 0.272. The lowest BCUT2D eigenvalue weighted by molar-refractivity contribution is -0.148. The van der Waals surface area contributed by atoms with Crippen LogP contribution >= 0.6 is 0 Å². The lowest BCUT2D eigenvalue weighted by atomic mass is 10.2. The molecule has 0 saturated heterocycles. The Bertz CT molecular complexity index is 435. The van der Waals surface area contributed by atoms with Crippen molar-refractivity contribution in [1.29, 1.82) is 0 Å². The minimum Gasteiger partial charge on any atom is -0.481 e. The van der Waals surface area contributed by atoms with Gasteiger partial charge in [-0.05, 0) is 6.07 Å². The van der Waals surface area contributed by atoms with E-state index in [1.807, 2.05) is 0 Å². The summed E-state index contributed by atoms with van der Waals surface area (Å²) in [4.78, 5) is 15.7. The maximum absolute atomic E-state index is 12.3. The summed E-state index contributed by atoms with van der Waals surface area (Å²) in [6.45, 7) is 0. The fourth-order valence-corrected chi connectivity index (χ4v) is 1.00. The fraction of sp³-hybridized carbons (Fsp3) is 0.375. The van der Waals surface area contributed by atoms with Gasteiger partial charge in [0.1, 0.15) is 23.6 Å². The zero-order valence-electron chi connectivity index (χ0n) is 8.30. The third-order valence-corrected chi connectivity index (χ3v) is 1.66. The van der Waals surface area contributed by atoms with Gasteiger partial charge >= 0.3 is 18.3 Å². The Morgan fingerprint density at radius 3 is 1.72 bits per heavy atom. The van der Waals surface area contributed by atoms with Gasteiger partial charge in [0.15, 0.2) is 0 Å². The quantitative estimate of drug-likeness (QED) is 0.839. The van der Waals surface area contributed by atoms with Crippen LogP contribution in [0.25, 0.3) is 0 Å². The molecule has 4 nitrogen and oxygen atoms in total. The molecule has 0 saturated carbocycles. The van der Waals surface area contributed by atoms with Gasteiger partial charge in [-0.25, -0.2) is 9.97 Å². The second kappa shape index (κ2) is 4.42. The summed E-state index contributed by atoms with van der Waals surface area (Å²) in [5, 5.41) is 8.31. The summed E-state index contributed by atoms with van der Waals surface area (Å²) >= 11 is 0. The SMILES string of the molecule is O=C(O)Cc1nc(C(F)(F)F)cc(C(F)(F)F)n1. The highest BCUT2D eigenvalue weighted by Gasteiger charge is 2.39. The molecule has 1 heterocycles. The molecular formula is C8H4F6N2O2. The third-order valence-electron chi connectivity index (χ3n) is 1.66. The number of aliphatic carboxylic acids is 1. The molecule has 0 amide bonds. The number of halogens is 6. The van der Waals surface area contributed by atoms with Crippen LogP contribution in [0.5, 0.6) is 0 Å². The number of nitrogens with zero attached hydrogens (tertiary/aromatic N) is 2. The highest BCUT2D eigenvalue weighted by Crippen LogP contribution is 2.33. The smallest absolute Gasteiger partial charge is 0.433 e. The molecule has 100 valence electrons. The van der Waals surface area contributed by atoms with Crippen LogP contribution in [0.4, 0.5) is 26.3 Å². The molecule has 0 aliphatic heterocycles. The average Bonchev–Trinajstić information content (AvgIpc) is 2.13. The minimum atomic E-state index is -5.11. The first kappa shape index (κ1) is 14.2. The fourth-order valence-electron chi connectivity index (χ4n) is 1.00. The molecule has 0 bridgehead atoms. The van der Waals surface area contributed by atoms with Gasteiger partial charge in [-0.3, -0.25) is 4.79 Å². The van der Waals surface area contributed by atoms with Gasteiger partial charge in [0.05, 0.1) is 0 Å². The van der Waals surface area contributed by atoms with Crippen molar-refractivity contribution in [2.24, 2.45) is 0 Å². The molecule has 0 atom stereocenters. The van der Waals surface area contributed by atoms with Crippen LogP contribution in [0.3, 0.4) is 0 Å². The number of hydrogen-bond acceptors (Lipinski definition) is 3. The van der Waals surface area contributed by atoms with Crippen molar-refractivity contribution in [2.45, 2.75) is 18.8 Å². The van der Waals surface area contributed by atoms with Gasteiger partial charge in [-0.2, -0.15) is 26.3 Å². The summed E-state index contributed by atoms with van der Waals surface area (Å²) in [7, 11) is 0. The van der Waals surface area contributed by atoms with Crippen LogP contribution in [0.2, 0.25) is 0 Å². The topological polar surface area (TPSA) is 63.1 Å². The van der Waals surface area contributed by atoms with Crippen molar-refractivity contribution in [1.82, 2.24) is 9.97 Å². The lowest BCUT2D eigenvalue weighted by Gasteiger charge is -2.11. The second-order valence-electron chi connectivity index (χ2n) is 3.12. The number of hydrogen-bond donors (Lipinski definition) is 1. The number of rotatable bonds is 2. The largest absolute Gasteiger partial charge is 0.481 e. The van der Waals surface area contributed by atoms with Gasteiger partial charge in [-0.15, -0.1) is 0 Å². The molecule has 0 aromatic carbocycles. The van der Waals surface area contributed by atoms with Gasteiger partial charge in [0, 0.05) is 0 Å². The predicted molar refractivity (Wildman–Crippen MR) is 43.4 cm³/mol. The number of carbonyl (C=O) groups is 1. The molecule has 0 aliphatic rings. The molecule has 10 heteroatoms. The molecule has 1 aromatic rings. The van der Waals surface area contributed by atoms with Crippen LogP contribution in [-0.4, -0.2) is 21.0 Å². The molecule has 1 rings (SSSR count). The van der Waals surface area contributed by atoms with Crippen LogP contribution in [0.1, 0.15) is 17.2 Å². The molecule has 0 unspecified atom stereocenters. The van der Waals surface area contributed by atoms with E-state index < -0.39 is 42.0 Å². The Labute approximate surface area is 95.3 Å². The molecule has 0 spiro atoms. The van der Waals surface area contributed by atoms with Crippen LogP contribution in [-0.2, 0) is 23.6 Å². The van der Waals surface area contributed by atoms with Crippen molar-refractivity contribution >= 4 is 5.97 Å². The number of carboxylic acid groups (broad SMARTS) is 1. The standard InChI is InChI=1S/C8H4F6N2O2/c9-7(10,11)3-1-4(8(12,13)14)16-5(15-3)2-6(17)18/h1H,2H2,(H,17,18). The first-order valence-electron chi connectivity index (χ1n) is 4.24. The maximum Gasteiger partial charge on any atom is 0.433 e. The normalized spacial score (nSPS) is 12.6. The number of carboxylic acids is 1. The predicted octanol–water partition coefficient (Wildman–Crippen LogP) is 2.14. The molecular weight excluding hydrogens is 270 g/mol. The van der Waals surface area contributed by atoms with E-state index in [-0.39, 0.29) is 6.07 Å². The average molecular weight is 274 g/mol. The molecule has 1 aromatic heterocycles. The van der Waals surface area contributed by atoms with Crippen molar-refractivity contribution in [3.63, 3.8) is 0 Å². The zero-order chi connectivity index (χ0) is 14.1. The van der Waals surface area contributed by atoms with Gasteiger partial charge in [0.2, 0.25) is 0 Å². The number of alkyl halides is 6. The highest BCUT2D eigenvalue weighted by atomic mass is 19.4. The Morgan fingerprint density at radius 1 is 1.06 bits per heavy atom. The molecule has 1 N–H and O–H groups in total. The van der Waals surface area contributed by atoms with Crippen LogP contribution in [0.15, 0.2) is 6.07 Å². The van der Waals surface area contributed by atoms with Crippen LogP contribution < -0.4 is 0 Å². The molecule has 0 radical (unpaired) electrons. The summed E-state index contributed by atoms with van der Waals surface area (Å²) in [5.74, 6) is -2.69. The lowest BCUT2D eigenvalue weighted by Crippen LogP contribution is -2.18. The monoisotopic (exact) mass is 274 g/mol. The van der Waals surface area contributed by atoms with Gasteiger partial charge in [0.25, 0.3) is 0 Å². The van der Waals surface area contributed by atoms with Gasteiger partial charge < -0.3 is 5.11 Å².